The van der Waals surface area contributed by atoms with E-state index >= 15 is 0 Å². The molecule has 2 aromatic heterocycles. The van der Waals surface area contributed by atoms with Crippen LogP contribution >= 0.6 is 11.3 Å². The normalized spacial score (nSPS) is 11.7. The number of hydrogen-bond donors (Lipinski definition) is 0. The first-order valence-electron chi connectivity index (χ1n) is 14.5. The van der Waals surface area contributed by atoms with Gasteiger partial charge in [0.1, 0.15) is 11.2 Å². The first-order valence-corrected chi connectivity index (χ1v) is 15.3. The Hall–Kier alpha value is -5.38. The number of fused-ring (bicyclic) bond motifs is 8. The lowest BCUT2D eigenvalue weighted by Gasteiger charge is -2.27. The molecular formula is C40H25NOS. The van der Waals surface area contributed by atoms with Crippen molar-refractivity contribution in [1.29, 1.82) is 0 Å². The van der Waals surface area contributed by atoms with E-state index in [4.69, 9.17) is 4.42 Å². The van der Waals surface area contributed by atoms with Crippen LogP contribution in [0, 0.1) is 0 Å². The Kier molecular flexibility index (Phi) is 5.40. The molecule has 43 heavy (non-hydrogen) atoms. The predicted molar refractivity (Wildman–Crippen MR) is 184 cm³/mol. The number of benzene rings is 7. The molecule has 0 aliphatic heterocycles. The highest BCUT2D eigenvalue weighted by Crippen LogP contribution is 2.48. The summed E-state index contributed by atoms with van der Waals surface area (Å²) >= 11 is 1.87. The number of thiophene rings is 1. The molecule has 0 amide bonds. The van der Waals surface area contributed by atoms with Crippen molar-refractivity contribution in [2.75, 3.05) is 4.90 Å². The third kappa shape index (κ3) is 3.86. The zero-order chi connectivity index (χ0) is 28.3. The first kappa shape index (κ1) is 24.2. The smallest absolute Gasteiger partial charge is 0.137 e. The molecule has 2 nitrogen and oxygen atoms in total. The second-order valence-electron chi connectivity index (χ2n) is 10.9. The summed E-state index contributed by atoms with van der Waals surface area (Å²) in [6.07, 6.45) is 0. The van der Waals surface area contributed by atoms with E-state index in [1.54, 1.807) is 0 Å². The van der Waals surface area contributed by atoms with E-state index in [0.29, 0.717) is 0 Å². The highest BCUT2D eigenvalue weighted by molar-refractivity contribution is 7.26. The van der Waals surface area contributed by atoms with Crippen LogP contribution in [0.1, 0.15) is 0 Å². The van der Waals surface area contributed by atoms with Gasteiger partial charge in [-0.05, 0) is 64.4 Å². The summed E-state index contributed by atoms with van der Waals surface area (Å²) < 4.78 is 9.00. The van der Waals surface area contributed by atoms with Crippen LogP contribution in [-0.4, -0.2) is 0 Å². The average Bonchev–Trinajstić information content (AvgIpc) is 3.64. The summed E-state index contributed by atoms with van der Waals surface area (Å²) in [6.45, 7) is 0. The molecular weight excluding hydrogens is 543 g/mol. The van der Waals surface area contributed by atoms with Crippen molar-refractivity contribution < 1.29 is 4.42 Å². The van der Waals surface area contributed by atoms with Gasteiger partial charge in [-0.15, -0.1) is 11.3 Å². The lowest BCUT2D eigenvalue weighted by molar-refractivity contribution is 0.669. The van der Waals surface area contributed by atoms with Gasteiger partial charge >= 0.3 is 0 Å². The van der Waals surface area contributed by atoms with Gasteiger partial charge in [0.25, 0.3) is 0 Å². The molecule has 2 heterocycles. The molecule has 0 aliphatic rings. The quantitative estimate of drug-likeness (QED) is 0.210. The van der Waals surface area contributed by atoms with Gasteiger partial charge in [-0.25, -0.2) is 0 Å². The number of furan rings is 1. The van der Waals surface area contributed by atoms with E-state index < -0.39 is 0 Å². The molecule has 0 N–H and O–H groups in total. The molecule has 7 aromatic carbocycles. The van der Waals surface area contributed by atoms with Crippen LogP contribution in [0.3, 0.4) is 0 Å². The highest BCUT2D eigenvalue weighted by Gasteiger charge is 2.22. The largest absolute Gasteiger partial charge is 0.456 e. The predicted octanol–water partition coefficient (Wildman–Crippen LogP) is 12.2. The topological polar surface area (TPSA) is 16.4 Å². The van der Waals surface area contributed by atoms with Gasteiger partial charge in [0.15, 0.2) is 0 Å². The van der Waals surface area contributed by atoms with Gasteiger partial charge in [-0.1, -0.05) is 103 Å². The molecule has 0 saturated heterocycles. The number of para-hydroxylation sites is 1. The van der Waals surface area contributed by atoms with Gasteiger partial charge < -0.3 is 9.32 Å². The number of rotatable bonds is 4. The molecule has 0 aliphatic carbocycles. The van der Waals surface area contributed by atoms with E-state index in [1.807, 2.05) is 23.5 Å². The lowest BCUT2D eigenvalue weighted by atomic mass is 10.0. The molecule has 0 saturated carbocycles. The summed E-state index contributed by atoms with van der Waals surface area (Å²) in [5.74, 6) is 0. The van der Waals surface area contributed by atoms with Crippen molar-refractivity contribution in [3.63, 3.8) is 0 Å². The first-order chi connectivity index (χ1) is 21.3. The minimum absolute atomic E-state index is 0.884. The Bertz CT molecular complexity index is 2470. The van der Waals surface area contributed by atoms with Crippen molar-refractivity contribution in [2.45, 2.75) is 0 Å². The maximum Gasteiger partial charge on any atom is 0.137 e. The van der Waals surface area contributed by atoms with Crippen LogP contribution in [-0.2, 0) is 0 Å². The minimum Gasteiger partial charge on any atom is -0.456 e. The fraction of sp³-hybridized carbons (Fsp3) is 0. The second-order valence-corrected chi connectivity index (χ2v) is 12.0. The van der Waals surface area contributed by atoms with Crippen molar-refractivity contribution in [3.05, 3.63) is 152 Å². The monoisotopic (exact) mass is 567 g/mol. The van der Waals surface area contributed by atoms with Gasteiger partial charge in [0.05, 0.1) is 5.69 Å². The SMILES string of the molecule is c1ccc(-c2cccc(N(c3ccc4c(c3)oc3ccccc34)c3cc4ccccc4c4sc5ccccc5c34)c2)cc1. The Labute approximate surface area is 252 Å². The van der Waals surface area contributed by atoms with E-state index in [-0.39, 0.29) is 0 Å². The van der Waals surface area contributed by atoms with Crippen LogP contribution in [0.5, 0.6) is 0 Å². The summed E-state index contributed by atoms with van der Waals surface area (Å²) in [4.78, 5) is 2.41. The summed E-state index contributed by atoms with van der Waals surface area (Å²) in [7, 11) is 0. The summed E-state index contributed by atoms with van der Waals surface area (Å²) in [5.41, 5.74) is 7.49. The van der Waals surface area contributed by atoms with Crippen molar-refractivity contribution in [3.8, 4) is 11.1 Å². The Balaban J connectivity index is 1.38. The maximum atomic E-state index is 6.40. The fourth-order valence-corrected chi connectivity index (χ4v) is 7.71. The van der Waals surface area contributed by atoms with Crippen LogP contribution in [0.4, 0.5) is 17.1 Å². The minimum atomic E-state index is 0.884. The van der Waals surface area contributed by atoms with Gasteiger partial charge in [0.2, 0.25) is 0 Å². The number of anilines is 3. The van der Waals surface area contributed by atoms with E-state index in [2.05, 4.69) is 144 Å². The van der Waals surface area contributed by atoms with Crippen LogP contribution < -0.4 is 4.90 Å². The number of hydrogen-bond acceptors (Lipinski definition) is 3. The van der Waals surface area contributed by atoms with E-state index in [9.17, 15) is 0 Å². The van der Waals surface area contributed by atoms with Gasteiger partial charge in [0, 0.05) is 48.4 Å². The summed E-state index contributed by atoms with van der Waals surface area (Å²) in [6, 6.07) is 54.2. The standard InChI is InChI=1S/C40H25NOS/c1-2-11-26(12-3-1)27-14-10-15-29(23-27)41(30-21-22-33-32-17-6-8-19-36(32)42-37(33)25-30)35-24-28-13-4-5-16-31(28)40-39(35)34-18-7-9-20-38(34)43-40/h1-25H. The maximum absolute atomic E-state index is 6.40. The second kappa shape index (κ2) is 9.59. The van der Waals surface area contributed by atoms with E-state index in [1.165, 1.54) is 42.1 Å². The molecule has 0 bridgehead atoms. The Morgan fingerprint density at radius 2 is 1.16 bits per heavy atom. The van der Waals surface area contributed by atoms with Gasteiger partial charge in [-0.3, -0.25) is 0 Å². The van der Waals surface area contributed by atoms with Gasteiger partial charge in [-0.2, -0.15) is 0 Å². The van der Waals surface area contributed by atoms with Crippen LogP contribution in [0.15, 0.2) is 156 Å². The Morgan fingerprint density at radius 3 is 2.07 bits per heavy atom. The summed E-state index contributed by atoms with van der Waals surface area (Å²) in [5, 5.41) is 7.32. The third-order valence-corrected chi connectivity index (χ3v) is 9.63. The molecule has 0 radical (unpaired) electrons. The average molecular weight is 568 g/mol. The third-order valence-electron chi connectivity index (χ3n) is 8.42. The highest BCUT2D eigenvalue weighted by atomic mass is 32.1. The number of nitrogens with zero attached hydrogens (tertiary/aromatic N) is 1. The van der Waals surface area contributed by atoms with E-state index in [0.717, 1.165) is 39.0 Å². The Morgan fingerprint density at radius 1 is 0.465 bits per heavy atom. The molecule has 9 aromatic rings. The van der Waals surface area contributed by atoms with Crippen LogP contribution in [0.25, 0.3) is 64.0 Å². The molecule has 9 rings (SSSR count). The van der Waals surface area contributed by atoms with Crippen molar-refractivity contribution in [1.82, 2.24) is 0 Å². The van der Waals surface area contributed by atoms with Crippen LogP contribution in [0.2, 0.25) is 0 Å². The molecule has 0 spiro atoms. The zero-order valence-corrected chi connectivity index (χ0v) is 24.0. The molecule has 202 valence electrons. The fourth-order valence-electron chi connectivity index (χ4n) is 6.45. The zero-order valence-electron chi connectivity index (χ0n) is 23.2. The molecule has 3 heteroatoms. The molecule has 0 fully saturated rings. The molecule has 0 unspecified atom stereocenters. The van der Waals surface area contributed by atoms with Crippen molar-refractivity contribution >= 4 is 81.3 Å². The van der Waals surface area contributed by atoms with Crippen molar-refractivity contribution in [2.24, 2.45) is 0 Å². The lowest BCUT2D eigenvalue weighted by Crippen LogP contribution is -2.10. The molecule has 0 atom stereocenters.